The highest BCUT2D eigenvalue weighted by atomic mass is 32.2. The van der Waals surface area contributed by atoms with Crippen LogP contribution in [0.25, 0.3) is 44.5 Å². The van der Waals surface area contributed by atoms with Crippen molar-refractivity contribution in [2.45, 2.75) is 54.9 Å². The Morgan fingerprint density at radius 2 is 1.85 bits per heavy atom. The number of alkyl carbamates (subject to hydrolysis) is 1. The van der Waals surface area contributed by atoms with E-state index in [1.165, 1.54) is 47.9 Å². The number of benzene rings is 2. The lowest BCUT2D eigenvalue weighted by Crippen LogP contribution is -2.41. The van der Waals surface area contributed by atoms with Gasteiger partial charge in [0.25, 0.3) is 10.0 Å². The average Bonchev–Trinajstić information content (AvgIpc) is 3.85. The number of nitrogens with zero attached hydrogens (tertiary/aromatic N) is 6. The van der Waals surface area contributed by atoms with Crippen molar-refractivity contribution >= 4 is 38.2 Å². The fourth-order valence-corrected chi connectivity index (χ4v) is 9.25. The number of pyridine rings is 1. The van der Waals surface area contributed by atoms with Crippen LogP contribution in [0.15, 0.2) is 76.7 Å². The van der Waals surface area contributed by atoms with E-state index < -0.39 is 51.5 Å². The van der Waals surface area contributed by atoms with E-state index in [0.717, 1.165) is 3.97 Å². The highest BCUT2D eigenvalue weighted by molar-refractivity contribution is 7.90. The number of aliphatic hydroxyl groups is 1. The highest BCUT2D eigenvalue weighted by Crippen LogP contribution is 2.47. The van der Waals surface area contributed by atoms with Crippen LogP contribution in [0.2, 0.25) is 0 Å². The largest absolute Gasteiger partial charge is 0.453 e. The third-order valence-electron chi connectivity index (χ3n) is 10.4. The Morgan fingerprint density at radius 3 is 2.52 bits per heavy atom. The third kappa shape index (κ3) is 5.15. The van der Waals surface area contributed by atoms with E-state index in [-0.39, 0.29) is 41.2 Å². The maximum Gasteiger partial charge on any atom is 0.407 e. The van der Waals surface area contributed by atoms with Crippen LogP contribution >= 0.6 is 0 Å². The number of aryl methyl sites for hydroxylation is 2. The van der Waals surface area contributed by atoms with Gasteiger partial charge in [-0.15, -0.1) is 5.10 Å². The van der Waals surface area contributed by atoms with Gasteiger partial charge in [0.15, 0.2) is 5.65 Å². The molecule has 2 aromatic carbocycles. The summed E-state index contributed by atoms with van der Waals surface area (Å²) in [4.78, 5) is 31.4. The summed E-state index contributed by atoms with van der Waals surface area (Å²) < 4.78 is 62.1. The monoisotopic (exact) mass is 729 g/mol. The molecule has 6 heterocycles. The van der Waals surface area contributed by atoms with E-state index in [1.807, 2.05) is 0 Å². The molecule has 14 nitrogen and oxygen atoms in total. The van der Waals surface area contributed by atoms with E-state index >= 15 is 4.39 Å². The summed E-state index contributed by atoms with van der Waals surface area (Å²) in [6.45, 7) is 1.82. The number of methoxy groups -OCH3 is 1. The Hall–Kier alpha value is -5.32. The lowest BCUT2D eigenvalue weighted by atomic mass is 9.90. The Balaban J connectivity index is 1.55. The molecule has 0 radical (unpaired) electrons. The van der Waals surface area contributed by atoms with Crippen molar-refractivity contribution in [2.24, 2.45) is 14.1 Å². The van der Waals surface area contributed by atoms with Gasteiger partial charge >= 0.3 is 11.8 Å². The van der Waals surface area contributed by atoms with E-state index in [1.54, 1.807) is 61.0 Å². The molecule has 1 saturated carbocycles. The first-order valence-electron chi connectivity index (χ1n) is 16.8. The molecule has 16 heteroatoms. The number of halogens is 1. The maximum absolute atomic E-state index is 16.0. The summed E-state index contributed by atoms with van der Waals surface area (Å²) in [6, 6.07) is 13.6. The van der Waals surface area contributed by atoms with Gasteiger partial charge in [-0.1, -0.05) is 42.5 Å². The van der Waals surface area contributed by atoms with Gasteiger partial charge in [0.1, 0.15) is 0 Å². The predicted molar refractivity (Wildman–Crippen MR) is 189 cm³/mol. The molecular formula is C36H36FN7O7S. The fourth-order valence-electron chi connectivity index (χ4n) is 7.74. The molecule has 0 saturated heterocycles. The first-order valence-corrected chi connectivity index (χ1v) is 18.2. The molecule has 2 aliphatic heterocycles. The van der Waals surface area contributed by atoms with Crippen LogP contribution in [0.3, 0.4) is 0 Å². The molecule has 1 aliphatic carbocycles. The van der Waals surface area contributed by atoms with Crippen molar-refractivity contribution in [1.29, 1.82) is 0 Å². The van der Waals surface area contributed by atoms with Gasteiger partial charge in [-0.2, -0.15) is 4.39 Å². The fraction of sp³-hybridized carbons (Fsp3) is 0.333. The normalized spacial score (nSPS) is 21.8. The Bertz CT molecular complexity index is 2550. The molecule has 2 N–H and O–H groups in total. The van der Waals surface area contributed by atoms with Crippen molar-refractivity contribution < 1.29 is 32.2 Å². The minimum atomic E-state index is -4.47. The van der Waals surface area contributed by atoms with Crippen LogP contribution in [-0.4, -0.2) is 73.4 Å². The number of carbonyl (C=O) groups is 1. The maximum atomic E-state index is 16.0. The first-order chi connectivity index (χ1) is 24.8. The lowest BCUT2D eigenvalue weighted by molar-refractivity contribution is -0.0192. The number of hydrogen-bond acceptors (Lipinski definition) is 9. The Morgan fingerprint density at radius 1 is 1.12 bits per heavy atom. The van der Waals surface area contributed by atoms with Crippen LogP contribution in [0.4, 0.5) is 9.18 Å². The summed E-state index contributed by atoms with van der Waals surface area (Å²) in [5, 5.41) is 18.7. The van der Waals surface area contributed by atoms with Gasteiger partial charge in [0.05, 0.1) is 70.2 Å². The van der Waals surface area contributed by atoms with Gasteiger partial charge in [-0.3, -0.25) is 13.8 Å². The second-order valence-corrected chi connectivity index (χ2v) is 15.4. The predicted octanol–water partition coefficient (Wildman–Crippen LogP) is 4.19. The molecule has 6 aromatic rings. The summed E-state index contributed by atoms with van der Waals surface area (Å²) in [5.74, 6) is -0.907. The minimum Gasteiger partial charge on any atom is -0.453 e. The van der Waals surface area contributed by atoms with Gasteiger partial charge in [-0.05, 0) is 43.0 Å². The number of imidazole rings is 1. The lowest BCUT2D eigenvalue weighted by Gasteiger charge is -2.26. The number of nitrogens with one attached hydrogen (secondary N) is 1. The minimum absolute atomic E-state index is 0.0284. The van der Waals surface area contributed by atoms with E-state index in [0.29, 0.717) is 39.5 Å². The van der Waals surface area contributed by atoms with Gasteiger partial charge in [-0.25, -0.2) is 27.0 Å². The topological polar surface area (TPSA) is 164 Å². The molecule has 9 rings (SSSR count). The molecular weight excluding hydrogens is 694 g/mol. The van der Waals surface area contributed by atoms with Crippen molar-refractivity contribution in [2.75, 3.05) is 13.7 Å². The average molecular weight is 730 g/mol. The van der Waals surface area contributed by atoms with Crippen LogP contribution in [-0.2, 0) is 39.2 Å². The van der Waals surface area contributed by atoms with E-state index in [9.17, 15) is 23.1 Å². The number of rotatable bonds is 4. The highest BCUT2D eigenvalue weighted by Gasteiger charge is 2.41. The number of amides is 1. The molecule has 3 aliphatic rings. The van der Waals surface area contributed by atoms with Crippen LogP contribution in [0.5, 0.6) is 0 Å². The van der Waals surface area contributed by atoms with Crippen molar-refractivity contribution in [1.82, 2.24) is 33.2 Å². The number of hydrogen-bond donors (Lipinski definition) is 2. The number of fused-ring (bicyclic) bond motifs is 5. The summed E-state index contributed by atoms with van der Waals surface area (Å²) in [6.07, 6.45) is 2.41. The third-order valence-corrected chi connectivity index (χ3v) is 12.1. The molecule has 1 amide bonds. The van der Waals surface area contributed by atoms with Crippen LogP contribution in [0.1, 0.15) is 37.8 Å². The van der Waals surface area contributed by atoms with Gasteiger partial charge in [0.2, 0.25) is 5.95 Å². The van der Waals surface area contributed by atoms with Gasteiger partial charge < -0.3 is 19.9 Å². The zero-order valence-corrected chi connectivity index (χ0v) is 29.6. The Kier molecular flexibility index (Phi) is 7.89. The van der Waals surface area contributed by atoms with Crippen molar-refractivity contribution in [3.8, 4) is 22.4 Å². The first kappa shape index (κ1) is 33.8. The molecule has 4 bridgehead atoms. The Labute approximate surface area is 297 Å². The van der Waals surface area contributed by atoms with Gasteiger partial charge in [0, 0.05) is 38.3 Å². The second kappa shape index (κ2) is 12.1. The van der Waals surface area contributed by atoms with E-state index in [2.05, 4.69) is 10.4 Å². The summed E-state index contributed by atoms with van der Waals surface area (Å²) >= 11 is 0. The molecule has 4 aromatic heterocycles. The zero-order valence-electron chi connectivity index (χ0n) is 28.8. The van der Waals surface area contributed by atoms with E-state index in [4.69, 9.17) is 14.5 Å². The number of carbonyl (C=O) groups excluding carboxylic acids is 1. The van der Waals surface area contributed by atoms with Crippen LogP contribution in [0, 0.1) is 5.95 Å². The molecule has 270 valence electrons. The molecule has 4 atom stereocenters. The number of ether oxygens (including phenoxy) is 2. The van der Waals surface area contributed by atoms with Crippen molar-refractivity contribution in [3.05, 3.63) is 89.0 Å². The molecule has 1 unspecified atom stereocenters. The summed E-state index contributed by atoms with van der Waals surface area (Å²) in [5.41, 5.74) is 0.266. The number of aromatic nitrogens is 6. The SMILES string of the molecule is COC(=O)N[C@H]1C[C@H]2C[C@H]1OCCC(C)(O)c1ccc(cc1)-c1c(-c3cn(C)nc3F)n(S(=O)(=O)c3ccccc3)c3ncc4c(c13)n2c(=O)n4C. The second-order valence-electron chi connectivity index (χ2n) is 13.6. The van der Waals surface area contributed by atoms with Crippen LogP contribution < -0.4 is 11.0 Å². The zero-order chi connectivity index (χ0) is 36.7. The molecule has 52 heavy (non-hydrogen) atoms. The van der Waals surface area contributed by atoms with Crippen molar-refractivity contribution in [3.63, 3.8) is 0 Å². The summed E-state index contributed by atoms with van der Waals surface area (Å²) in [7, 11) is -0.0678. The molecule has 0 spiro atoms. The smallest absolute Gasteiger partial charge is 0.407 e. The standard InChI is InChI=1S/C36H36FN7O7S/c1-36(47)14-15-51-27-17-22(16-25(27)39-34(45)50-4)43-31-26(42(3)35(43)46)18-38-33-29(31)28(20-10-12-21(36)13-11-20)30(24-19-41(2)40-32(24)37)44(33)52(48,49)23-8-6-5-7-9-23/h5-13,18-19,22,25,27,47H,14-17H2,1-4H3,(H,39,45)/t22-,25-,27+,36?/m0/s1. The quantitative estimate of drug-likeness (QED) is 0.271. The molecule has 1 fully saturated rings.